The zero-order valence-electron chi connectivity index (χ0n) is 17.2. The molecule has 158 valence electrons. The third-order valence-electron chi connectivity index (χ3n) is 5.19. The maximum atomic E-state index is 9.35. The molecule has 0 aromatic heterocycles. The molecular formula is C23H33IN4O. The molecule has 1 saturated heterocycles. The average molecular weight is 508 g/mol. The fourth-order valence-electron chi connectivity index (χ4n) is 3.71. The van der Waals surface area contributed by atoms with E-state index in [1.54, 1.807) is 12.1 Å². The van der Waals surface area contributed by atoms with E-state index in [9.17, 15) is 5.11 Å². The number of phenols is 1. The van der Waals surface area contributed by atoms with Crippen molar-refractivity contribution < 1.29 is 5.11 Å². The smallest absolute Gasteiger partial charge is 0.191 e. The SMILES string of the molecule is CN=C(NCCCc1ccc(O)cc1)NC1CCCN(Cc2ccccc2)C1.I. The predicted octanol–water partition coefficient (Wildman–Crippen LogP) is 3.77. The number of benzene rings is 2. The Morgan fingerprint density at radius 3 is 2.59 bits per heavy atom. The number of halogens is 1. The Hall–Kier alpha value is -1.80. The van der Waals surface area contributed by atoms with Gasteiger partial charge in [0.15, 0.2) is 5.96 Å². The van der Waals surface area contributed by atoms with Gasteiger partial charge in [0.2, 0.25) is 0 Å². The molecule has 1 atom stereocenters. The fourth-order valence-corrected chi connectivity index (χ4v) is 3.71. The molecule has 3 rings (SSSR count). The maximum Gasteiger partial charge on any atom is 0.191 e. The first-order valence-electron chi connectivity index (χ1n) is 10.2. The van der Waals surface area contributed by atoms with Crippen LogP contribution in [0.1, 0.15) is 30.4 Å². The first kappa shape index (κ1) is 23.5. The number of nitrogens with one attached hydrogen (secondary N) is 2. The summed E-state index contributed by atoms with van der Waals surface area (Å²) in [4.78, 5) is 6.91. The molecule has 2 aromatic rings. The van der Waals surface area contributed by atoms with Crippen molar-refractivity contribution in [1.29, 1.82) is 0 Å². The van der Waals surface area contributed by atoms with Crippen LogP contribution in [0.3, 0.4) is 0 Å². The number of aliphatic imine (C=N–C) groups is 1. The minimum Gasteiger partial charge on any atom is -0.508 e. The molecule has 29 heavy (non-hydrogen) atoms. The maximum absolute atomic E-state index is 9.35. The standard InChI is InChI=1S/C23H32N4O.HI/c1-24-23(25-15-5-9-19-11-13-22(28)14-12-19)26-21-10-6-16-27(18-21)17-20-7-3-2-4-8-20;/h2-4,7-8,11-14,21,28H,5-6,9-10,15-18H2,1H3,(H2,24,25,26);1H. The summed E-state index contributed by atoms with van der Waals surface area (Å²) in [6.07, 6.45) is 4.40. The molecule has 1 aliphatic heterocycles. The van der Waals surface area contributed by atoms with Gasteiger partial charge < -0.3 is 15.7 Å². The summed E-state index contributed by atoms with van der Waals surface area (Å²) in [7, 11) is 1.83. The van der Waals surface area contributed by atoms with E-state index in [0.29, 0.717) is 11.8 Å². The van der Waals surface area contributed by atoms with Crippen LogP contribution in [0, 0.1) is 0 Å². The molecule has 0 spiro atoms. The van der Waals surface area contributed by atoms with Gasteiger partial charge in [0.05, 0.1) is 0 Å². The molecule has 2 aromatic carbocycles. The van der Waals surface area contributed by atoms with Gasteiger partial charge >= 0.3 is 0 Å². The monoisotopic (exact) mass is 508 g/mol. The van der Waals surface area contributed by atoms with Gasteiger partial charge in [-0.15, -0.1) is 24.0 Å². The van der Waals surface area contributed by atoms with Crippen molar-refractivity contribution in [2.75, 3.05) is 26.7 Å². The third kappa shape index (κ3) is 8.22. The van der Waals surface area contributed by atoms with Gasteiger partial charge in [-0.1, -0.05) is 42.5 Å². The van der Waals surface area contributed by atoms with E-state index in [-0.39, 0.29) is 24.0 Å². The molecule has 5 nitrogen and oxygen atoms in total. The summed E-state index contributed by atoms with van der Waals surface area (Å²) in [5.74, 6) is 1.21. The first-order chi connectivity index (χ1) is 13.7. The van der Waals surface area contributed by atoms with Crippen LogP contribution in [0.25, 0.3) is 0 Å². The molecule has 0 bridgehead atoms. The largest absolute Gasteiger partial charge is 0.508 e. The second-order valence-corrected chi connectivity index (χ2v) is 7.47. The molecule has 0 amide bonds. The molecule has 1 fully saturated rings. The minimum atomic E-state index is 0. The average Bonchev–Trinajstić information content (AvgIpc) is 2.72. The number of aryl methyl sites for hydroxylation is 1. The van der Waals surface area contributed by atoms with E-state index in [1.807, 2.05) is 19.2 Å². The Balaban J connectivity index is 0.00000300. The quantitative estimate of drug-likeness (QED) is 0.231. The molecule has 3 N–H and O–H groups in total. The lowest BCUT2D eigenvalue weighted by atomic mass is 10.0. The van der Waals surface area contributed by atoms with Crippen molar-refractivity contribution >= 4 is 29.9 Å². The number of nitrogens with zero attached hydrogens (tertiary/aromatic N) is 2. The highest BCUT2D eigenvalue weighted by Gasteiger charge is 2.20. The molecule has 0 radical (unpaired) electrons. The highest BCUT2D eigenvalue weighted by molar-refractivity contribution is 14.0. The van der Waals surface area contributed by atoms with Crippen LogP contribution in [0.2, 0.25) is 0 Å². The number of piperidine rings is 1. The Kier molecular flexibility index (Phi) is 10.3. The van der Waals surface area contributed by atoms with E-state index >= 15 is 0 Å². The van der Waals surface area contributed by atoms with Crippen LogP contribution in [0.15, 0.2) is 59.6 Å². The van der Waals surface area contributed by atoms with E-state index < -0.39 is 0 Å². The minimum absolute atomic E-state index is 0. The normalized spacial score (nSPS) is 17.4. The van der Waals surface area contributed by atoms with Gasteiger partial charge in [-0.25, -0.2) is 0 Å². The number of hydrogen-bond donors (Lipinski definition) is 3. The van der Waals surface area contributed by atoms with Crippen molar-refractivity contribution in [3.63, 3.8) is 0 Å². The Morgan fingerprint density at radius 1 is 1.10 bits per heavy atom. The number of phenolic OH excluding ortho intramolecular Hbond substituents is 1. The topological polar surface area (TPSA) is 59.9 Å². The van der Waals surface area contributed by atoms with Gasteiger partial charge in [0.1, 0.15) is 5.75 Å². The highest BCUT2D eigenvalue weighted by atomic mass is 127. The summed E-state index contributed by atoms with van der Waals surface area (Å²) in [5, 5.41) is 16.4. The molecular weight excluding hydrogens is 475 g/mol. The van der Waals surface area contributed by atoms with Crippen molar-refractivity contribution in [3.05, 3.63) is 65.7 Å². The highest BCUT2D eigenvalue weighted by Crippen LogP contribution is 2.14. The molecule has 0 aliphatic carbocycles. The van der Waals surface area contributed by atoms with Crippen molar-refractivity contribution in [1.82, 2.24) is 15.5 Å². The van der Waals surface area contributed by atoms with Gasteiger partial charge in [-0.2, -0.15) is 0 Å². The number of aromatic hydroxyl groups is 1. The van der Waals surface area contributed by atoms with Crippen molar-refractivity contribution in [3.8, 4) is 5.75 Å². The van der Waals surface area contributed by atoms with E-state index in [0.717, 1.165) is 45.0 Å². The summed E-state index contributed by atoms with van der Waals surface area (Å²) in [6, 6.07) is 18.6. The lowest BCUT2D eigenvalue weighted by Crippen LogP contribution is -2.51. The fraction of sp³-hybridized carbons (Fsp3) is 0.435. The number of guanidine groups is 1. The number of likely N-dealkylation sites (tertiary alicyclic amines) is 1. The van der Waals surface area contributed by atoms with Crippen LogP contribution >= 0.6 is 24.0 Å². The second-order valence-electron chi connectivity index (χ2n) is 7.47. The van der Waals surface area contributed by atoms with Crippen LogP contribution in [0.5, 0.6) is 5.75 Å². The second kappa shape index (κ2) is 12.7. The molecule has 1 aliphatic rings. The summed E-state index contributed by atoms with van der Waals surface area (Å²) in [6.45, 7) is 4.09. The van der Waals surface area contributed by atoms with Gasteiger partial charge in [0.25, 0.3) is 0 Å². The first-order valence-corrected chi connectivity index (χ1v) is 10.2. The Morgan fingerprint density at radius 2 is 1.86 bits per heavy atom. The van der Waals surface area contributed by atoms with Crippen LogP contribution in [-0.2, 0) is 13.0 Å². The third-order valence-corrected chi connectivity index (χ3v) is 5.19. The molecule has 6 heteroatoms. The lowest BCUT2D eigenvalue weighted by Gasteiger charge is -2.34. The van der Waals surface area contributed by atoms with E-state index in [4.69, 9.17) is 0 Å². The van der Waals surface area contributed by atoms with Gasteiger partial charge in [-0.3, -0.25) is 9.89 Å². The summed E-state index contributed by atoms with van der Waals surface area (Å²) >= 11 is 0. The summed E-state index contributed by atoms with van der Waals surface area (Å²) < 4.78 is 0. The van der Waals surface area contributed by atoms with Crippen molar-refractivity contribution in [2.45, 2.75) is 38.3 Å². The lowest BCUT2D eigenvalue weighted by molar-refractivity contribution is 0.192. The number of hydrogen-bond acceptors (Lipinski definition) is 3. The molecule has 0 saturated carbocycles. The number of rotatable bonds is 7. The zero-order valence-corrected chi connectivity index (χ0v) is 19.5. The Labute approximate surface area is 191 Å². The van der Waals surface area contributed by atoms with Gasteiger partial charge in [0, 0.05) is 32.7 Å². The van der Waals surface area contributed by atoms with Crippen LogP contribution in [-0.4, -0.2) is 48.7 Å². The Bertz CT molecular complexity index is 736. The van der Waals surface area contributed by atoms with Crippen molar-refractivity contribution in [2.24, 2.45) is 4.99 Å². The van der Waals surface area contributed by atoms with Crippen LogP contribution in [0.4, 0.5) is 0 Å². The predicted molar refractivity (Wildman–Crippen MR) is 131 cm³/mol. The summed E-state index contributed by atoms with van der Waals surface area (Å²) in [5.41, 5.74) is 2.62. The molecule has 1 unspecified atom stereocenters. The zero-order chi connectivity index (χ0) is 19.6. The van der Waals surface area contributed by atoms with Gasteiger partial charge in [-0.05, 0) is 55.5 Å². The van der Waals surface area contributed by atoms with E-state index in [2.05, 4.69) is 50.9 Å². The van der Waals surface area contributed by atoms with E-state index in [1.165, 1.54) is 24.0 Å². The van der Waals surface area contributed by atoms with Crippen LogP contribution < -0.4 is 10.6 Å². The molecule has 1 heterocycles.